The molecule has 0 aliphatic carbocycles. The van der Waals surface area contributed by atoms with E-state index in [-0.39, 0.29) is 10.5 Å². The second-order valence-corrected chi connectivity index (χ2v) is 6.44. The van der Waals surface area contributed by atoms with Crippen molar-refractivity contribution in [3.8, 4) is 11.8 Å². The van der Waals surface area contributed by atoms with Gasteiger partial charge in [0.15, 0.2) is 0 Å². The van der Waals surface area contributed by atoms with Crippen LogP contribution in [-0.2, 0) is 9.84 Å². The summed E-state index contributed by atoms with van der Waals surface area (Å²) < 4.78 is 65.9. The fraction of sp³-hybridized carbons (Fsp3) is 0.0625. The van der Waals surface area contributed by atoms with E-state index in [4.69, 9.17) is 5.26 Å². The molecule has 0 saturated carbocycles. The predicted octanol–water partition coefficient (Wildman–Crippen LogP) is 3.92. The number of hydrogen-bond donors (Lipinski definition) is 0. The molecule has 0 unspecified atom stereocenters. The van der Waals surface area contributed by atoms with E-state index < -0.39 is 26.9 Å². The maximum absolute atomic E-state index is 12.4. The normalized spacial score (nSPS) is 12.5. The molecule has 8 heteroatoms. The average molecular weight is 353 g/mol. The molecule has 2 aromatic rings. The van der Waals surface area contributed by atoms with Crippen molar-refractivity contribution in [2.24, 2.45) is 0 Å². The summed E-state index contributed by atoms with van der Waals surface area (Å²) in [6, 6.07) is 13.6. The maximum atomic E-state index is 12.4. The van der Waals surface area contributed by atoms with Crippen LogP contribution in [0.1, 0.15) is 5.56 Å². The first-order valence-electron chi connectivity index (χ1n) is 6.51. The van der Waals surface area contributed by atoms with Gasteiger partial charge in [-0.15, -0.1) is 13.2 Å². The van der Waals surface area contributed by atoms with E-state index in [9.17, 15) is 21.6 Å². The van der Waals surface area contributed by atoms with Crippen LogP contribution in [0.4, 0.5) is 13.2 Å². The summed E-state index contributed by atoms with van der Waals surface area (Å²) in [6.45, 7) is 0. The molecule has 2 rings (SSSR count). The van der Waals surface area contributed by atoms with E-state index in [0.717, 1.165) is 12.1 Å². The number of rotatable bonds is 4. The van der Waals surface area contributed by atoms with Gasteiger partial charge in [0.1, 0.15) is 16.7 Å². The molecule has 0 aliphatic rings. The minimum absolute atomic E-state index is 0.132. The molecule has 0 bridgehead atoms. The van der Waals surface area contributed by atoms with Gasteiger partial charge in [0.25, 0.3) is 0 Å². The molecule has 24 heavy (non-hydrogen) atoms. The van der Waals surface area contributed by atoms with Crippen molar-refractivity contribution in [3.05, 3.63) is 65.1 Å². The lowest BCUT2D eigenvalue weighted by Gasteiger charge is -2.11. The Kier molecular flexibility index (Phi) is 4.95. The maximum Gasteiger partial charge on any atom is 0.573 e. The Morgan fingerprint density at radius 2 is 1.62 bits per heavy atom. The lowest BCUT2D eigenvalue weighted by Crippen LogP contribution is -2.17. The molecule has 0 saturated heterocycles. The minimum atomic E-state index is -4.94. The van der Waals surface area contributed by atoms with E-state index >= 15 is 0 Å². The number of halogens is 3. The summed E-state index contributed by atoms with van der Waals surface area (Å²) in [4.78, 5) is -0.820. The first-order valence-corrected chi connectivity index (χ1v) is 7.99. The van der Waals surface area contributed by atoms with E-state index in [2.05, 4.69) is 4.74 Å². The summed E-state index contributed by atoms with van der Waals surface area (Å²) in [5.74, 6) is -0.596. The van der Waals surface area contributed by atoms with Crippen molar-refractivity contribution in [1.29, 1.82) is 5.26 Å². The highest BCUT2D eigenvalue weighted by Gasteiger charge is 2.32. The minimum Gasteiger partial charge on any atom is -0.405 e. The van der Waals surface area contributed by atoms with Crippen LogP contribution in [0.2, 0.25) is 0 Å². The number of benzene rings is 2. The molecule has 0 radical (unpaired) electrons. The third kappa shape index (κ3) is 4.14. The molecule has 0 N–H and O–H groups in total. The van der Waals surface area contributed by atoms with Gasteiger partial charge in [0, 0.05) is 5.56 Å². The van der Waals surface area contributed by atoms with Gasteiger partial charge in [-0.05, 0) is 24.3 Å². The van der Waals surface area contributed by atoms with Crippen LogP contribution in [0, 0.1) is 11.3 Å². The summed E-state index contributed by atoms with van der Waals surface area (Å²) in [5, 5.41) is 9.15. The third-order valence-electron chi connectivity index (χ3n) is 2.88. The van der Waals surface area contributed by atoms with Crippen LogP contribution in [0.5, 0.6) is 5.75 Å². The summed E-state index contributed by atoms with van der Waals surface area (Å²) >= 11 is 0. The highest BCUT2D eigenvalue weighted by molar-refractivity contribution is 7.95. The molecular formula is C16H10F3NO3S. The second kappa shape index (κ2) is 6.76. The molecule has 0 aromatic heterocycles. The number of nitriles is 1. The van der Waals surface area contributed by atoms with E-state index in [1.807, 2.05) is 0 Å². The first kappa shape index (κ1) is 17.6. The zero-order chi connectivity index (χ0) is 17.8. The number of hydrogen-bond acceptors (Lipinski definition) is 4. The molecule has 0 amide bonds. The molecule has 0 fully saturated rings. The van der Waals surface area contributed by atoms with Gasteiger partial charge in [-0.1, -0.05) is 36.4 Å². The molecule has 124 valence electrons. The highest BCUT2D eigenvalue weighted by atomic mass is 32.2. The fourth-order valence-corrected chi connectivity index (χ4v) is 3.03. The van der Waals surface area contributed by atoms with Crippen molar-refractivity contribution < 1.29 is 26.3 Å². The van der Waals surface area contributed by atoms with Gasteiger partial charge in [0.05, 0.1) is 4.90 Å². The van der Waals surface area contributed by atoms with Crippen LogP contribution >= 0.6 is 0 Å². The number of sulfone groups is 1. The number of para-hydroxylation sites is 1. The van der Waals surface area contributed by atoms with E-state index in [0.29, 0.717) is 0 Å². The summed E-state index contributed by atoms with van der Waals surface area (Å²) in [7, 11) is -4.15. The number of alkyl halides is 3. The van der Waals surface area contributed by atoms with Gasteiger partial charge in [-0.25, -0.2) is 8.42 Å². The van der Waals surface area contributed by atoms with Crippen LogP contribution in [0.3, 0.4) is 0 Å². The monoisotopic (exact) mass is 353 g/mol. The molecular weight excluding hydrogens is 343 g/mol. The lowest BCUT2D eigenvalue weighted by atomic mass is 10.2. The Morgan fingerprint density at radius 1 is 1.04 bits per heavy atom. The highest BCUT2D eigenvalue weighted by Crippen LogP contribution is 2.29. The zero-order valence-corrected chi connectivity index (χ0v) is 12.8. The van der Waals surface area contributed by atoms with Crippen LogP contribution in [0.15, 0.2) is 64.4 Å². The van der Waals surface area contributed by atoms with Crippen molar-refractivity contribution in [2.75, 3.05) is 0 Å². The van der Waals surface area contributed by atoms with Crippen LogP contribution < -0.4 is 4.74 Å². The summed E-state index contributed by atoms with van der Waals surface area (Å²) in [6.07, 6.45) is -4.08. The predicted molar refractivity (Wildman–Crippen MR) is 80.3 cm³/mol. The van der Waals surface area contributed by atoms with Crippen molar-refractivity contribution in [2.45, 2.75) is 11.3 Å². The standard InChI is InChI=1S/C16H10F3NO3S/c17-16(18,19)23-15-9-5-4-6-12(15)10-14(11-20)24(21,22)13-7-2-1-3-8-13/h1-10H/b14-10+. The number of allylic oxidation sites excluding steroid dienone is 1. The Balaban J connectivity index is 2.52. The number of ether oxygens (including phenoxy) is 1. The third-order valence-corrected chi connectivity index (χ3v) is 4.57. The molecule has 4 nitrogen and oxygen atoms in total. The topological polar surface area (TPSA) is 67.2 Å². The van der Waals surface area contributed by atoms with E-state index in [1.165, 1.54) is 48.5 Å². The molecule has 0 atom stereocenters. The Labute approximate surface area is 136 Å². The lowest BCUT2D eigenvalue weighted by molar-refractivity contribution is -0.274. The Bertz CT molecular complexity index is 898. The summed E-state index contributed by atoms with van der Waals surface area (Å²) in [5.41, 5.74) is -0.175. The van der Waals surface area contributed by atoms with Gasteiger partial charge in [-0.3, -0.25) is 0 Å². The smallest absolute Gasteiger partial charge is 0.405 e. The van der Waals surface area contributed by atoms with Crippen molar-refractivity contribution >= 4 is 15.9 Å². The fourth-order valence-electron chi connectivity index (χ4n) is 1.86. The first-order chi connectivity index (χ1) is 11.2. The van der Waals surface area contributed by atoms with Gasteiger partial charge < -0.3 is 4.74 Å². The molecule has 0 heterocycles. The van der Waals surface area contributed by atoms with Gasteiger partial charge in [-0.2, -0.15) is 5.26 Å². The van der Waals surface area contributed by atoms with E-state index in [1.54, 1.807) is 6.07 Å². The molecule has 2 aromatic carbocycles. The van der Waals surface area contributed by atoms with Gasteiger partial charge in [0.2, 0.25) is 9.84 Å². The van der Waals surface area contributed by atoms with Crippen LogP contribution in [-0.4, -0.2) is 14.8 Å². The Hall–Kier alpha value is -2.79. The number of nitrogens with zero attached hydrogens (tertiary/aromatic N) is 1. The van der Waals surface area contributed by atoms with Crippen molar-refractivity contribution in [3.63, 3.8) is 0 Å². The Morgan fingerprint density at radius 3 is 2.21 bits per heavy atom. The second-order valence-electron chi connectivity index (χ2n) is 4.52. The average Bonchev–Trinajstić information content (AvgIpc) is 2.53. The molecule has 0 spiro atoms. The zero-order valence-electron chi connectivity index (χ0n) is 12.0. The SMILES string of the molecule is N#C/C(=C\c1ccccc1OC(F)(F)F)S(=O)(=O)c1ccccc1. The quantitative estimate of drug-likeness (QED) is 0.781. The van der Waals surface area contributed by atoms with Crippen molar-refractivity contribution in [1.82, 2.24) is 0 Å². The molecule has 0 aliphatic heterocycles. The largest absolute Gasteiger partial charge is 0.573 e. The van der Waals surface area contributed by atoms with Crippen LogP contribution in [0.25, 0.3) is 6.08 Å². The van der Waals surface area contributed by atoms with Gasteiger partial charge >= 0.3 is 6.36 Å².